The van der Waals surface area contributed by atoms with Crippen LogP contribution in [0.25, 0.3) is 0 Å². The number of ether oxygens (including phenoxy) is 2. The van der Waals surface area contributed by atoms with E-state index in [1.54, 1.807) is 24.3 Å². The maximum atomic E-state index is 11.1. The number of carboxylic acid groups (broad SMARTS) is 1. The lowest BCUT2D eigenvalue weighted by atomic mass is 10.2. The number of carboxylic acids is 1. The summed E-state index contributed by atoms with van der Waals surface area (Å²) in [7, 11) is 1.48. The monoisotopic (exact) mass is 244 g/mol. The number of aromatic carboxylic acids is 1. The van der Waals surface area contributed by atoms with Crippen molar-refractivity contribution in [3.8, 4) is 17.2 Å². The van der Waals surface area contributed by atoms with Crippen molar-refractivity contribution in [2.45, 2.75) is 0 Å². The Morgan fingerprint density at radius 1 is 1.06 bits per heavy atom. The lowest BCUT2D eigenvalue weighted by Crippen LogP contribution is -2.00. The van der Waals surface area contributed by atoms with Crippen LogP contribution in [0.15, 0.2) is 48.5 Å². The molecule has 0 unspecified atom stereocenters. The van der Waals surface area contributed by atoms with Crippen LogP contribution in [0.2, 0.25) is 0 Å². The first-order valence-corrected chi connectivity index (χ1v) is 5.35. The van der Waals surface area contributed by atoms with Crippen molar-refractivity contribution in [2.24, 2.45) is 0 Å². The number of carbonyl (C=O) groups is 1. The Labute approximate surface area is 104 Å². The van der Waals surface area contributed by atoms with E-state index in [0.29, 0.717) is 11.5 Å². The summed E-state index contributed by atoms with van der Waals surface area (Å²) in [4.78, 5) is 11.1. The molecule has 0 saturated carbocycles. The minimum atomic E-state index is -1.06. The molecular formula is C14H12O4. The van der Waals surface area contributed by atoms with E-state index in [1.807, 2.05) is 18.2 Å². The normalized spacial score (nSPS) is 9.83. The summed E-state index contributed by atoms with van der Waals surface area (Å²) >= 11 is 0. The Morgan fingerprint density at radius 2 is 1.78 bits per heavy atom. The highest BCUT2D eigenvalue weighted by atomic mass is 16.5. The summed E-state index contributed by atoms with van der Waals surface area (Å²) in [6.45, 7) is 0. The summed E-state index contributed by atoms with van der Waals surface area (Å²) in [5, 5.41) is 9.13. The highest BCUT2D eigenvalue weighted by molar-refractivity contribution is 5.91. The molecule has 0 amide bonds. The molecule has 4 heteroatoms. The van der Waals surface area contributed by atoms with Gasteiger partial charge < -0.3 is 14.6 Å². The second-order valence-electron chi connectivity index (χ2n) is 3.58. The fourth-order valence-corrected chi connectivity index (χ4v) is 1.51. The second kappa shape index (κ2) is 5.23. The van der Waals surface area contributed by atoms with Crippen molar-refractivity contribution in [1.82, 2.24) is 0 Å². The predicted octanol–water partition coefficient (Wildman–Crippen LogP) is 3.19. The highest BCUT2D eigenvalue weighted by Crippen LogP contribution is 2.28. The Balaban J connectivity index is 2.35. The van der Waals surface area contributed by atoms with Gasteiger partial charge in [0, 0.05) is 0 Å². The molecule has 2 rings (SSSR count). The minimum Gasteiger partial charge on any atom is -0.497 e. The molecule has 92 valence electrons. The molecule has 2 aromatic carbocycles. The van der Waals surface area contributed by atoms with Gasteiger partial charge in [-0.2, -0.15) is 0 Å². The summed E-state index contributed by atoms with van der Waals surface area (Å²) in [6, 6.07) is 13.7. The Bertz CT molecular complexity index is 549. The zero-order chi connectivity index (χ0) is 13.0. The standard InChI is InChI=1S/C14H12O4/c1-17-11-7-8-13(12(9-11)14(15)16)18-10-5-3-2-4-6-10/h2-9H,1H3,(H,15,16). The molecular weight excluding hydrogens is 232 g/mol. The zero-order valence-corrected chi connectivity index (χ0v) is 9.79. The summed E-state index contributed by atoms with van der Waals surface area (Å²) in [5.74, 6) is 0.298. The van der Waals surface area contributed by atoms with Crippen LogP contribution in [0.3, 0.4) is 0 Å². The first kappa shape index (κ1) is 12.0. The lowest BCUT2D eigenvalue weighted by Gasteiger charge is -2.09. The van der Waals surface area contributed by atoms with Crippen LogP contribution < -0.4 is 9.47 Å². The van der Waals surface area contributed by atoms with Crippen LogP contribution in [0.5, 0.6) is 17.2 Å². The van der Waals surface area contributed by atoms with Gasteiger partial charge in [0.25, 0.3) is 0 Å². The van der Waals surface area contributed by atoms with Gasteiger partial charge in [0.1, 0.15) is 22.8 Å². The third kappa shape index (κ3) is 2.60. The molecule has 0 aliphatic carbocycles. The number of para-hydroxylation sites is 1. The van der Waals surface area contributed by atoms with Crippen molar-refractivity contribution in [3.63, 3.8) is 0 Å². The van der Waals surface area contributed by atoms with Gasteiger partial charge in [-0.05, 0) is 30.3 Å². The number of hydrogen-bond acceptors (Lipinski definition) is 3. The van der Waals surface area contributed by atoms with E-state index in [-0.39, 0.29) is 11.3 Å². The van der Waals surface area contributed by atoms with Gasteiger partial charge in [-0.3, -0.25) is 0 Å². The van der Waals surface area contributed by atoms with Crippen molar-refractivity contribution >= 4 is 5.97 Å². The molecule has 4 nitrogen and oxygen atoms in total. The summed E-state index contributed by atoms with van der Waals surface area (Å²) in [6.07, 6.45) is 0. The first-order valence-electron chi connectivity index (χ1n) is 5.35. The summed E-state index contributed by atoms with van der Waals surface area (Å²) in [5.41, 5.74) is 0.0678. The Morgan fingerprint density at radius 3 is 2.39 bits per heavy atom. The minimum absolute atomic E-state index is 0.0678. The van der Waals surface area contributed by atoms with E-state index in [2.05, 4.69) is 0 Å². The molecule has 0 radical (unpaired) electrons. The molecule has 18 heavy (non-hydrogen) atoms. The van der Waals surface area contributed by atoms with Gasteiger partial charge in [-0.25, -0.2) is 4.79 Å². The van der Waals surface area contributed by atoms with Gasteiger partial charge >= 0.3 is 5.97 Å². The molecule has 0 bridgehead atoms. The molecule has 0 aliphatic rings. The third-order valence-electron chi connectivity index (χ3n) is 2.39. The maximum absolute atomic E-state index is 11.1. The van der Waals surface area contributed by atoms with Gasteiger partial charge in [-0.1, -0.05) is 18.2 Å². The quantitative estimate of drug-likeness (QED) is 0.897. The number of rotatable bonds is 4. The second-order valence-corrected chi connectivity index (χ2v) is 3.58. The van der Waals surface area contributed by atoms with Gasteiger partial charge in [0.2, 0.25) is 0 Å². The van der Waals surface area contributed by atoms with Crippen LogP contribution >= 0.6 is 0 Å². The molecule has 0 aromatic heterocycles. The van der Waals surface area contributed by atoms with Crippen LogP contribution in [-0.4, -0.2) is 18.2 Å². The van der Waals surface area contributed by atoms with Crippen LogP contribution in [0, 0.1) is 0 Å². The molecule has 0 spiro atoms. The molecule has 0 aliphatic heterocycles. The van der Waals surface area contributed by atoms with E-state index < -0.39 is 5.97 Å². The van der Waals surface area contributed by atoms with Crippen LogP contribution in [0.1, 0.15) is 10.4 Å². The fraction of sp³-hybridized carbons (Fsp3) is 0.0714. The molecule has 1 N–H and O–H groups in total. The fourth-order valence-electron chi connectivity index (χ4n) is 1.51. The van der Waals surface area contributed by atoms with Crippen molar-refractivity contribution in [2.75, 3.05) is 7.11 Å². The molecule has 0 saturated heterocycles. The van der Waals surface area contributed by atoms with Crippen LogP contribution in [-0.2, 0) is 0 Å². The number of hydrogen-bond donors (Lipinski definition) is 1. The molecule has 0 heterocycles. The van der Waals surface area contributed by atoms with E-state index in [0.717, 1.165) is 0 Å². The molecule has 0 atom stereocenters. The summed E-state index contributed by atoms with van der Waals surface area (Å²) < 4.78 is 10.5. The average Bonchev–Trinajstić information content (AvgIpc) is 2.40. The number of benzene rings is 2. The van der Waals surface area contributed by atoms with E-state index in [4.69, 9.17) is 14.6 Å². The zero-order valence-electron chi connectivity index (χ0n) is 9.79. The van der Waals surface area contributed by atoms with E-state index >= 15 is 0 Å². The molecule has 2 aromatic rings. The van der Waals surface area contributed by atoms with Crippen LogP contribution in [0.4, 0.5) is 0 Å². The SMILES string of the molecule is COc1ccc(Oc2ccccc2)c(C(=O)O)c1. The smallest absolute Gasteiger partial charge is 0.339 e. The lowest BCUT2D eigenvalue weighted by molar-refractivity contribution is 0.0693. The van der Waals surface area contributed by atoms with E-state index in [9.17, 15) is 4.79 Å². The Hall–Kier alpha value is -2.49. The first-order chi connectivity index (χ1) is 8.70. The predicted molar refractivity (Wildman–Crippen MR) is 66.5 cm³/mol. The topological polar surface area (TPSA) is 55.8 Å². The maximum Gasteiger partial charge on any atom is 0.339 e. The van der Waals surface area contributed by atoms with Crippen molar-refractivity contribution < 1.29 is 19.4 Å². The Kier molecular flexibility index (Phi) is 3.48. The van der Waals surface area contributed by atoms with Crippen molar-refractivity contribution in [3.05, 3.63) is 54.1 Å². The van der Waals surface area contributed by atoms with Gasteiger partial charge in [0.05, 0.1) is 7.11 Å². The number of methoxy groups -OCH3 is 1. The highest BCUT2D eigenvalue weighted by Gasteiger charge is 2.13. The van der Waals surface area contributed by atoms with E-state index in [1.165, 1.54) is 13.2 Å². The molecule has 0 fully saturated rings. The van der Waals surface area contributed by atoms with Gasteiger partial charge in [-0.15, -0.1) is 0 Å². The average molecular weight is 244 g/mol. The third-order valence-corrected chi connectivity index (χ3v) is 2.39. The van der Waals surface area contributed by atoms with Crippen molar-refractivity contribution in [1.29, 1.82) is 0 Å². The van der Waals surface area contributed by atoms with Gasteiger partial charge in [0.15, 0.2) is 0 Å². The largest absolute Gasteiger partial charge is 0.497 e.